The van der Waals surface area contributed by atoms with E-state index < -0.39 is 0 Å². The van der Waals surface area contributed by atoms with Crippen molar-refractivity contribution in [2.75, 3.05) is 18.2 Å². The summed E-state index contributed by atoms with van der Waals surface area (Å²) in [5.74, 6) is 0.389. The van der Waals surface area contributed by atoms with E-state index in [1.54, 1.807) is 30.3 Å². The van der Waals surface area contributed by atoms with Gasteiger partial charge in [0.1, 0.15) is 5.75 Å². The monoisotopic (exact) mass is 290 g/mol. The number of anilines is 2. The number of nitrogen functional groups attached to an aromatic ring is 1. The van der Waals surface area contributed by atoms with Crippen LogP contribution in [-0.4, -0.2) is 13.0 Å². The molecule has 2 aromatic rings. The Kier molecular flexibility index (Phi) is 4.48. The fourth-order valence-corrected chi connectivity index (χ4v) is 2.05. The highest BCUT2D eigenvalue weighted by atomic mass is 35.5. The van der Waals surface area contributed by atoms with Crippen molar-refractivity contribution in [1.29, 1.82) is 0 Å². The van der Waals surface area contributed by atoms with Crippen LogP contribution in [0.4, 0.5) is 11.4 Å². The third kappa shape index (κ3) is 3.65. The molecule has 0 spiro atoms. The maximum Gasteiger partial charge on any atom is 0.228 e. The van der Waals surface area contributed by atoms with Gasteiger partial charge in [0.05, 0.1) is 19.2 Å². The number of carbonyl (C=O) groups excluding carboxylic acids is 1. The van der Waals surface area contributed by atoms with Crippen molar-refractivity contribution < 1.29 is 9.53 Å². The summed E-state index contributed by atoms with van der Waals surface area (Å²) in [7, 11) is 1.53. The number of rotatable bonds is 4. The van der Waals surface area contributed by atoms with Gasteiger partial charge < -0.3 is 15.8 Å². The van der Waals surface area contributed by atoms with Gasteiger partial charge >= 0.3 is 0 Å². The first-order valence-electron chi connectivity index (χ1n) is 6.06. The van der Waals surface area contributed by atoms with Gasteiger partial charge in [-0.2, -0.15) is 0 Å². The first-order chi connectivity index (χ1) is 9.58. The molecule has 0 saturated carbocycles. The smallest absolute Gasteiger partial charge is 0.228 e. The molecule has 0 saturated heterocycles. The highest BCUT2D eigenvalue weighted by molar-refractivity contribution is 6.30. The molecule has 0 bridgehead atoms. The zero-order valence-corrected chi connectivity index (χ0v) is 11.8. The zero-order chi connectivity index (χ0) is 14.5. The second-order valence-corrected chi connectivity index (χ2v) is 4.75. The summed E-state index contributed by atoms with van der Waals surface area (Å²) in [6.07, 6.45) is 0.244. The highest BCUT2D eigenvalue weighted by Crippen LogP contribution is 2.26. The van der Waals surface area contributed by atoms with Crippen molar-refractivity contribution in [2.24, 2.45) is 0 Å². The van der Waals surface area contributed by atoms with Crippen LogP contribution in [0, 0.1) is 0 Å². The van der Waals surface area contributed by atoms with Gasteiger partial charge in [-0.25, -0.2) is 0 Å². The highest BCUT2D eigenvalue weighted by Gasteiger charge is 2.09. The minimum absolute atomic E-state index is 0.143. The lowest BCUT2D eigenvalue weighted by molar-refractivity contribution is -0.115. The van der Waals surface area contributed by atoms with E-state index in [0.717, 1.165) is 5.56 Å². The molecule has 0 unspecified atom stereocenters. The molecule has 0 aliphatic rings. The van der Waals surface area contributed by atoms with Gasteiger partial charge in [-0.3, -0.25) is 4.79 Å². The van der Waals surface area contributed by atoms with Crippen molar-refractivity contribution in [3.05, 3.63) is 53.1 Å². The van der Waals surface area contributed by atoms with E-state index in [1.165, 1.54) is 7.11 Å². The number of hydrogen-bond acceptors (Lipinski definition) is 3. The zero-order valence-electron chi connectivity index (χ0n) is 11.0. The van der Waals surface area contributed by atoms with Crippen LogP contribution in [0.1, 0.15) is 5.56 Å². The molecular weight excluding hydrogens is 276 g/mol. The van der Waals surface area contributed by atoms with Crippen molar-refractivity contribution in [3.8, 4) is 5.75 Å². The molecule has 0 aliphatic heterocycles. The standard InChI is InChI=1S/C15H15ClN2O2/c1-20-14-9-12(17)5-6-13(14)18-15(19)8-10-3-2-4-11(16)7-10/h2-7,9H,8,17H2,1H3,(H,18,19). The third-order valence-electron chi connectivity index (χ3n) is 2.75. The summed E-state index contributed by atoms with van der Waals surface area (Å²) in [5.41, 5.74) is 7.69. The number of hydrogen-bond donors (Lipinski definition) is 2. The van der Waals surface area contributed by atoms with E-state index in [-0.39, 0.29) is 12.3 Å². The SMILES string of the molecule is COc1cc(N)ccc1NC(=O)Cc1cccc(Cl)c1. The molecule has 0 aliphatic carbocycles. The lowest BCUT2D eigenvalue weighted by Crippen LogP contribution is -2.15. The number of methoxy groups -OCH3 is 1. The Balaban J connectivity index is 2.08. The van der Waals surface area contributed by atoms with Crippen LogP contribution in [0.5, 0.6) is 5.75 Å². The second-order valence-electron chi connectivity index (χ2n) is 4.31. The molecule has 4 nitrogen and oxygen atoms in total. The van der Waals surface area contributed by atoms with Gasteiger partial charge in [0.15, 0.2) is 0 Å². The lowest BCUT2D eigenvalue weighted by Gasteiger charge is -2.11. The van der Waals surface area contributed by atoms with Crippen molar-refractivity contribution in [3.63, 3.8) is 0 Å². The molecule has 0 radical (unpaired) electrons. The largest absolute Gasteiger partial charge is 0.494 e. The van der Waals surface area contributed by atoms with Crippen molar-refractivity contribution in [2.45, 2.75) is 6.42 Å². The van der Waals surface area contributed by atoms with Crippen LogP contribution in [0.15, 0.2) is 42.5 Å². The molecular formula is C15H15ClN2O2. The summed E-state index contributed by atoms with van der Waals surface area (Å²) >= 11 is 5.89. The van der Waals surface area contributed by atoms with E-state index in [4.69, 9.17) is 22.1 Å². The van der Waals surface area contributed by atoms with Crippen LogP contribution >= 0.6 is 11.6 Å². The van der Waals surface area contributed by atoms with Gasteiger partial charge in [-0.1, -0.05) is 23.7 Å². The predicted octanol–water partition coefficient (Wildman–Crippen LogP) is 3.11. The van der Waals surface area contributed by atoms with Gasteiger partial charge in [0.2, 0.25) is 5.91 Å². The molecule has 1 amide bonds. The van der Waals surface area contributed by atoms with Crippen LogP contribution in [0.25, 0.3) is 0 Å². The Morgan fingerprint density at radius 3 is 2.80 bits per heavy atom. The topological polar surface area (TPSA) is 64.3 Å². The van der Waals surface area contributed by atoms with E-state index in [0.29, 0.717) is 22.1 Å². The fourth-order valence-electron chi connectivity index (χ4n) is 1.84. The van der Waals surface area contributed by atoms with Crippen molar-refractivity contribution >= 4 is 28.9 Å². The number of halogens is 1. The lowest BCUT2D eigenvalue weighted by atomic mass is 10.1. The van der Waals surface area contributed by atoms with Crippen LogP contribution in [-0.2, 0) is 11.2 Å². The number of benzene rings is 2. The minimum Gasteiger partial charge on any atom is -0.494 e. The summed E-state index contributed by atoms with van der Waals surface area (Å²) in [5, 5.41) is 3.41. The third-order valence-corrected chi connectivity index (χ3v) is 2.99. The average molecular weight is 291 g/mol. The summed E-state index contributed by atoms with van der Waals surface area (Å²) < 4.78 is 5.18. The van der Waals surface area contributed by atoms with E-state index in [1.807, 2.05) is 12.1 Å². The Labute approximate surface area is 122 Å². The number of amides is 1. The summed E-state index contributed by atoms with van der Waals surface area (Å²) in [4.78, 5) is 12.0. The summed E-state index contributed by atoms with van der Waals surface area (Å²) in [6.45, 7) is 0. The molecule has 0 fully saturated rings. The van der Waals surface area contributed by atoms with E-state index >= 15 is 0 Å². The fraction of sp³-hybridized carbons (Fsp3) is 0.133. The van der Waals surface area contributed by atoms with Crippen LogP contribution in [0.2, 0.25) is 5.02 Å². The first-order valence-corrected chi connectivity index (χ1v) is 6.44. The number of ether oxygens (including phenoxy) is 1. The number of carbonyl (C=O) groups is 1. The minimum atomic E-state index is -0.143. The molecule has 3 N–H and O–H groups in total. The Morgan fingerprint density at radius 2 is 2.10 bits per heavy atom. The van der Waals surface area contributed by atoms with Crippen LogP contribution < -0.4 is 15.8 Å². The number of nitrogens with one attached hydrogen (secondary N) is 1. The van der Waals surface area contributed by atoms with Crippen molar-refractivity contribution in [1.82, 2.24) is 0 Å². The van der Waals surface area contributed by atoms with Gasteiger partial charge in [0.25, 0.3) is 0 Å². The van der Waals surface area contributed by atoms with E-state index in [9.17, 15) is 4.79 Å². The second kappa shape index (κ2) is 6.30. The Hall–Kier alpha value is -2.20. The molecule has 2 aromatic carbocycles. The normalized spacial score (nSPS) is 10.1. The van der Waals surface area contributed by atoms with Gasteiger partial charge in [-0.15, -0.1) is 0 Å². The van der Waals surface area contributed by atoms with Gasteiger partial charge in [0, 0.05) is 16.8 Å². The molecule has 0 heterocycles. The van der Waals surface area contributed by atoms with E-state index in [2.05, 4.69) is 5.32 Å². The van der Waals surface area contributed by atoms with Gasteiger partial charge in [-0.05, 0) is 29.8 Å². The molecule has 0 atom stereocenters. The average Bonchev–Trinajstić information content (AvgIpc) is 2.40. The summed E-state index contributed by atoms with van der Waals surface area (Å²) in [6, 6.07) is 12.3. The molecule has 5 heteroatoms. The molecule has 2 rings (SSSR count). The molecule has 20 heavy (non-hydrogen) atoms. The predicted molar refractivity (Wildman–Crippen MR) is 81.2 cm³/mol. The first kappa shape index (κ1) is 14.2. The molecule has 104 valence electrons. The number of nitrogens with two attached hydrogens (primary N) is 1. The molecule has 0 aromatic heterocycles. The Morgan fingerprint density at radius 1 is 1.30 bits per heavy atom. The quantitative estimate of drug-likeness (QED) is 0.850. The van der Waals surface area contributed by atoms with Crippen LogP contribution in [0.3, 0.4) is 0 Å². The Bertz CT molecular complexity index is 629. The maximum atomic E-state index is 12.0. The maximum absolute atomic E-state index is 12.0.